The predicted octanol–water partition coefficient (Wildman–Crippen LogP) is 3.10. The zero-order chi connectivity index (χ0) is 19.7. The third-order valence-corrected chi connectivity index (χ3v) is 6.28. The summed E-state index contributed by atoms with van der Waals surface area (Å²) in [7, 11) is 1.65. The highest BCUT2D eigenvalue weighted by Crippen LogP contribution is 2.28. The van der Waals surface area contributed by atoms with Crippen molar-refractivity contribution in [2.75, 3.05) is 20.2 Å². The van der Waals surface area contributed by atoms with E-state index in [1.807, 2.05) is 40.6 Å². The summed E-state index contributed by atoms with van der Waals surface area (Å²) in [6.45, 7) is 1.74. The number of nitrogens with two attached hydrogens (primary N) is 1. The first kappa shape index (κ1) is 18.6. The lowest BCUT2D eigenvalue weighted by molar-refractivity contribution is -0.123. The molecule has 0 spiro atoms. The number of thiophene rings is 1. The first-order valence-corrected chi connectivity index (χ1v) is 10.2. The third-order valence-electron chi connectivity index (χ3n) is 5.43. The highest BCUT2D eigenvalue weighted by Gasteiger charge is 2.28. The molecular formula is C21H23N3O3S. The van der Waals surface area contributed by atoms with E-state index in [-0.39, 0.29) is 17.7 Å². The van der Waals surface area contributed by atoms with Crippen LogP contribution in [0.4, 0.5) is 0 Å². The van der Waals surface area contributed by atoms with Crippen molar-refractivity contribution in [3.8, 4) is 5.75 Å². The summed E-state index contributed by atoms with van der Waals surface area (Å²) in [6.07, 6.45) is 1.27. The van der Waals surface area contributed by atoms with Gasteiger partial charge in [-0.05, 0) is 48.1 Å². The van der Waals surface area contributed by atoms with Gasteiger partial charge in [-0.2, -0.15) is 0 Å². The van der Waals surface area contributed by atoms with E-state index in [0.717, 1.165) is 21.5 Å². The van der Waals surface area contributed by atoms with Gasteiger partial charge in [-0.1, -0.05) is 12.1 Å². The maximum Gasteiger partial charge on any atom is 0.270 e. The number of piperidine rings is 1. The average Bonchev–Trinajstić information content (AvgIpc) is 3.31. The molecule has 1 saturated heterocycles. The normalized spacial score (nSPS) is 15.1. The van der Waals surface area contributed by atoms with Crippen molar-refractivity contribution in [1.82, 2.24) is 9.47 Å². The van der Waals surface area contributed by atoms with Gasteiger partial charge in [0.1, 0.15) is 11.4 Å². The molecule has 0 saturated carbocycles. The lowest BCUT2D eigenvalue weighted by Gasteiger charge is -2.30. The molecule has 4 rings (SSSR count). The highest BCUT2D eigenvalue weighted by atomic mass is 32.1. The van der Waals surface area contributed by atoms with Crippen LogP contribution in [-0.4, -0.2) is 41.5 Å². The molecule has 1 aliphatic heterocycles. The molecule has 3 aromatic rings. The Kier molecular flexibility index (Phi) is 5.09. The fourth-order valence-corrected chi connectivity index (χ4v) is 4.59. The van der Waals surface area contributed by atoms with Crippen molar-refractivity contribution in [1.29, 1.82) is 0 Å². The standard InChI is InChI=1S/C21H23N3O3S/c1-27-16-4-2-14(3-5-16)13-24-17-8-11-28-19(17)12-18(24)21(26)23-9-6-15(7-10-23)20(22)25/h2-5,8,11-12,15H,6-7,9-10,13H2,1H3,(H2,22,25). The first-order chi connectivity index (χ1) is 13.6. The molecule has 1 aliphatic rings. The molecule has 7 heteroatoms. The van der Waals surface area contributed by atoms with Crippen molar-refractivity contribution in [3.63, 3.8) is 0 Å². The number of fused-ring (bicyclic) bond motifs is 1. The monoisotopic (exact) mass is 397 g/mol. The van der Waals surface area contributed by atoms with Crippen LogP contribution in [0.3, 0.4) is 0 Å². The van der Waals surface area contributed by atoms with Gasteiger partial charge < -0.3 is 19.9 Å². The van der Waals surface area contributed by atoms with E-state index in [4.69, 9.17) is 10.5 Å². The molecule has 0 bridgehead atoms. The Morgan fingerprint density at radius 1 is 1.18 bits per heavy atom. The van der Waals surface area contributed by atoms with E-state index in [0.29, 0.717) is 38.2 Å². The van der Waals surface area contributed by atoms with E-state index in [9.17, 15) is 9.59 Å². The Morgan fingerprint density at radius 2 is 1.89 bits per heavy atom. The van der Waals surface area contributed by atoms with Crippen molar-refractivity contribution in [2.45, 2.75) is 19.4 Å². The van der Waals surface area contributed by atoms with Crippen molar-refractivity contribution in [2.24, 2.45) is 11.7 Å². The van der Waals surface area contributed by atoms with Gasteiger partial charge >= 0.3 is 0 Å². The fraction of sp³-hybridized carbons (Fsp3) is 0.333. The molecule has 2 amide bonds. The fourth-order valence-electron chi connectivity index (χ4n) is 3.77. The number of carbonyl (C=O) groups is 2. The number of likely N-dealkylation sites (tertiary alicyclic amines) is 1. The van der Waals surface area contributed by atoms with E-state index in [2.05, 4.69) is 10.6 Å². The summed E-state index contributed by atoms with van der Waals surface area (Å²) in [5, 5.41) is 2.04. The van der Waals surface area contributed by atoms with Gasteiger partial charge in [0.25, 0.3) is 5.91 Å². The maximum atomic E-state index is 13.2. The molecule has 1 aromatic carbocycles. The summed E-state index contributed by atoms with van der Waals surface area (Å²) < 4.78 is 8.41. The largest absolute Gasteiger partial charge is 0.497 e. The number of aromatic nitrogens is 1. The molecule has 6 nitrogen and oxygen atoms in total. The highest BCUT2D eigenvalue weighted by molar-refractivity contribution is 7.17. The average molecular weight is 398 g/mol. The molecule has 3 heterocycles. The SMILES string of the molecule is COc1ccc(Cn2c(C(=O)N3CCC(C(N)=O)CC3)cc3sccc32)cc1. The predicted molar refractivity (Wildman–Crippen MR) is 110 cm³/mol. The summed E-state index contributed by atoms with van der Waals surface area (Å²) >= 11 is 1.63. The van der Waals surface area contributed by atoms with Crippen LogP contribution >= 0.6 is 11.3 Å². The quantitative estimate of drug-likeness (QED) is 0.719. The topological polar surface area (TPSA) is 77.6 Å². The van der Waals surface area contributed by atoms with Crippen molar-refractivity contribution >= 4 is 33.4 Å². The number of benzene rings is 1. The van der Waals surface area contributed by atoms with Crippen LogP contribution in [0.15, 0.2) is 41.8 Å². The number of carbonyl (C=O) groups excluding carboxylic acids is 2. The Labute approximate surface area is 167 Å². The van der Waals surface area contributed by atoms with E-state index in [1.165, 1.54) is 0 Å². The Balaban J connectivity index is 1.60. The van der Waals surface area contributed by atoms with Crippen LogP contribution in [0, 0.1) is 5.92 Å². The van der Waals surface area contributed by atoms with Crippen LogP contribution in [0.5, 0.6) is 5.75 Å². The van der Waals surface area contributed by atoms with E-state index < -0.39 is 0 Å². The molecule has 2 aromatic heterocycles. The Hall–Kier alpha value is -2.80. The number of nitrogens with zero attached hydrogens (tertiary/aromatic N) is 2. The van der Waals surface area contributed by atoms with Crippen LogP contribution < -0.4 is 10.5 Å². The number of hydrogen-bond acceptors (Lipinski definition) is 4. The smallest absolute Gasteiger partial charge is 0.270 e. The number of hydrogen-bond donors (Lipinski definition) is 1. The number of ether oxygens (including phenoxy) is 1. The third kappa shape index (κ3) is 3.49. The van der Waals surface area contributed by atoms with Crippen molar-refractivity contribution in [3.05, 3.63) is 53.0 Å². The summed E-state index contributed by atoms with van der Waals surface area (Å²) in [4.78, 5) is 26.5. The second kappa shape index (κ2) is 7.67. The van der Waals surface area contributed by atoms with Gasteiger partial charge in [0, 0.05) is 25.6 Å². The number of rotatable bonds is 5. The zero-order valence-electron chi connectivity index (χ0n) is 15.8. The minimum absolute atomic E-state index is 0.0137. The van der Waals surface area contributed by atoms with Gasteiger partial charge in [-0.25, -0.2) is 0 Å². The summed E-state index contributed by atoms with van der Waals surface area (Å²) in [5.41, 5.74) is 8.27. The van der Waals surface area contributed by atoms with Gasteiger partial charge in [0.2, 0.25) is 5.91 Å². The number of primary amides is 1. The van der Waals surface area contributed by atoms with Crippen molar-refractivity contribution < 1.29 is 14.3 Å². The van der Waals surface area contributed by atoms with Crippen LogP contribution in [0.2, 0.25) is 0 Å². The molecule has 0 unspecified atom stereocenters. The lowest BCUT2D eigenvalue weighted by atomic mass is 9.96. The molecule has 0 aliphatic carbocycles. The first-order valence-electron chi connectivity index (χ1n) is 9.35. The number of amides is 2. The van der Waals surface area contributed by atoms with E-state index in [1.54, 1.807) is 18.4 Å². The van der Waals surface area contributed by atoms with Gasteiger partial charge in [-0.3, -0.25) is 9.59 Å². The number of methoxy groups -OCH3 is 1. The summed E-state index contributed by atoms with van der Waals surface area (Å²) in [5.74, 6) is 0.430. The zero-order valence-corrected chi connectivity index (χ0v) is 16.6. The molecule has 146 valence electrons. The Bertz CT molecular complexity index is 998. The Morgan fingerprint density at radius 3 is 2.54 bits per heavy atom. The van der Waals surface area contributed by atoms with E-state index >= 15 is 0 Å². The molecule has 28 heavy (non-hydrogen) atoms. The lowest BCUT2D eigenvalue weighted by Crippen LogP contribution is -2.42. The minimum atomic E-state index is -0.268. The minimum Gasteiger partial charge on any atom is -0.497 e. The van der Waals surface area contributed by atoms with Crippen LogP contribution in [-0.2, 0) is 11.3 Å². The molecular weight excluding hydrogens is 374 g/mol. The van der Waals surface area contributed by atoms with Gasteiger partial charge in [0.15, 0.2) is 0 Å². The second-order valence-corrected chi connectivity index (χ2v) is 8.05. The molecule has 2 N–H and O–H groups in total. The molecule has 1 fully saturated rings. The summed E-state index contributed by atoms with van der Waals surface area (Å²) in [6, 6.07) is 11.9. The maximum absolute atomic E-state index is 13.2. The molecule has 0 radical (unpaired) electrons. The van der Waals surface area contributed by atoms with Crippen LogP contribution in [0.25, 0.3) is 10.2 Å². The second-order valence-electron chi connectivity index (χ2n) is 7.10. The van der Waals surface area contributed by atoms with Gasteiger partial charge in [0.05, 0.1) is 17.3 Å². The molecule has 0 atom stereocenters. The van der Waals surface area contributed by atoms with Gasteiger partial charge in [-0.15, -0.1) is 11.3 Å². The van der Waals surface area contributed by atoms with Crippen LogP contribution in [0.1, 0.15) is 28.9 Å².